The molecular formula is C18H18BrNO3. The Balaban J connectivity index is 2.05. The fourth-order valence-corrected chi connectivity index (χ4v) is 2.56. The zero-order valence-corrected chi connectivity index (χ0v) is 14.3. The van der Waals surface area contributed by atoms with Crippen molar-refractivity contribution in [2.45, 2.75) is 25.4 Å². The third-order valence-electron chi connectivity index (χ3n) is 3.60. The summed E-state index contributed by atoms with van der Waals surface area (Å²) in [7, 11) is 0. The van der Waals surface area contributed by atoms with E-state index in [-0.39, 0.29) is 18.2 Å². The van der Waals surface area contributed by atoms with Crippen molar-refractivity contribution in [3.63, 3.8) is 0 Å². The van der Waals surface area contributed by atoms with Crippen molar-refractivity contribution >= 4 is 27.7 Å². The van der Waals surface area contributed by atoms with Gasteiger partial charge >= 0.3 is 5.97 Å². The molecule has 0 saturated heterocycles. The summed E-state index contributed by atoms with van der Waals surface area (Å²) in [5.74, 6) is -1.23. The van der Waals surface area contributed by atoms with Crippen molar-refractivity contribution < 1.29 is 14.7 Å². The summed E-state index contributed by atoms with van der Waals surface area (Å²) in [6, 6.07) is 15.4. The van der Waals surface area contributed by atoms with Gasteiger partial charge in [-0.2, -0.15) is 0 Å². The standard InChI is InChI=1S/C18H18BrNO3/c1-12(13-5-3-2-4-6-13)20-16(18(22)23)11-17(21)14-7-9-15(19)10-8-14/h2-10,12,16,20H,11H2,1H3,(H,22,23)/t12-,16+/m0/s1. The van der Waals surface area contributed by atoms with Crippen LogP contribution in [0.25, 0.3) is 0 Å². The smallest absolute Gasteiger partial charge is 0.321 e. The predicted octanol–water partition coefficient (Wildman–Crippen LogP) is 3.83. The second-order valence-electron chi connectivity index (χ2n) is 5.32. The molecule has 0 unspecified atom stereocenters. The van der Waals surface area contributed by atoms with Gasteiger partial charge in [0.15, 0.2) is 5.78 Å². The Bertz CT molecular complexity index is 670. The average Bonchev–Trinajstić information content (AvgIpc) is 2.55. The Morgan fingerprint density at radius 3 is 2.26 bits per heavy atom. The van der Waals surface area contributed by atoms with Crippen molar-refractivity contribution in [2.75, 3.05) is 0 Å². The van der Waals surface area contributed by atoms with E-state index in [1.165, 1.54) is 0 Å². The Hall–Kier alpha value is -1.98. The van der Waals surface area contributed by atoms with Gasteiger partial charge in [0, 0.05) is 22.5 Å². The van der Waals surface area contributed by atoms with Crippen molar-refractivity contribution in [1.82, 2.24) is 5.32 Å². The van der Waals surface area contributed by atoms with Gasteiger partial charge in [0.2, 0.25) is 0 Å². The monoisotopic (exact) mass is 375 g/mol. The molecule has 2 aromatic carbocycles. The number of carbonyl (C=O) groups is 2. The quantitative estimate of drug-likeness (QED) is 0.721. The number of carbonyl (C=O) groups excluding carboxylic acids is 1. The second-order valence-corrected chi connectivity index (χ2v) is 6.24. The van der Waals surface area contributed by atoms with Gasteiger partial charge in [-0.05, 0) is 24.6 Å². The third-order valence-corrected chi connectivity index (χ3v) is 4.13. The minimum atomic E-state index is -1.03. The molecule has 0 bridgehead atoms. The molecule has 2 aromatic rings. The van der Waals surface area contributed by atoms with Crippen LogP contribution in [0.2, 0.25) is 0 Å². The van der Waals surface area contributed by atoms with Crippen LogP contribution in [0, 0.1) is 0 Å². The molecule has 120 valence electrons. The van der Waals surface area contributed by atoms with Gasteiger partial charge < -0.3 is 5.11 Å². The summed E-state index contributed by atoms with van der Waals surface area (Å²) < 4.78 is 0.875. The molecule has 5 heteroatoms. The number of hydrogen-bond acceptors (Lipinski definition) is 3. The molecule has 4 nitrogen and oxygen atoms in total. The number of carboxylic acid groups (broad SMARTS) is 1. The lowest BCUT2D eigenvalue weighted by Crippen LogP contribution is -2.40. The molecule has 0 amide bonds. The van der Waals surface area contributed by atoms with Crippen molar-refractivity contribution in [3.05, 3.63) is 70.2 Å². The Kier molecular flexibility index (Phi) is 6.07. The first kappa shape index (κ1) is 17.4. The van der Waals surface area contributed by atoms with Crippen LogP contribution in [0.5, 0.6) is 0 Å². The summed E-state index contributed by atoms with van der Waals surface area (Å²) in [5, 5.41) is 12.4. The van der Waals surface area contributed by atoms with E-state index >= 15 is 0 Å². The molecule has 2 atom stereocenters. The van der Waals surface area contributed by atoms with Gasteiger partial charge in [0.05, 0.1) is 0 Å². The average molecular weight is 376 g/mol. The maximum Gasteiger partial charge on any atom is 0.321 e. The SMILES string of the molecule is C[C@H](N[C@H](CC(=O)c1ccc(Br)cc1)C(=O)O)c1ccccc1. The Morgan fingerprint density at radius 2 is 1.70 bits per heavy atom. The highest BCUT2D eigenvalue weighted by atomic mass is 79.9. The van der Waals surface area contributed by atoms with Crippen molar-refractivity contribution in [1.29, 1.82) is 0 Å². The number of aliphatic carboxylic acids is 1. The molecule has 0 radical (unpaired) electrons. The number of carboxylic acids is 1. The number of halogens is 1. The first-order valence-electron chi connectivity index (χ1n) is 7.30. The van der Waals surface area contributed by atoms with E-state index in [0.29, 0.717) is 5.56 Å². The highest BCUT2D eigenvalue weighted by Gasteiger charge is 2.24. The van der Waals surface area contributed by atoms with Gasteiger partial charge in [-0.1, -0.05) is 58.4 Å². The summed E-state index contributed by atoms with van der Waals surface area (Å²) in [4.78, 5) is 23.7. The van der Waals surface area contributed by atoms with E-state index in [4.69, 9.17) is 0 Å². The minimum absolute atomic E-state index is 0.0891. The normalized spacial score (nSPS) is 13.3. The lowest BCUT2D eigenvalue weighted by Gasteiger charge is -2.20. The molecule has 0 saturated carbocycles. The molecule has 0 aliphatic heterocycles. The molecular weight excluding hydrogens is 358 g/mol. The van der Waals surface area contributed by atoms with Crippen LogP contribution in [0.15, 0.2) is 59.1 Å². The van der Waals surface area contributed by atoms with E-state index in [2.05, 4.69) is 21.2 Å². The number of hydrogen-bond donors (Lipinski definition) is 2. The number of Topliss-reactive ketones (excluding diaryl/α,β-unsaturated/α-hetero) is 1. The largest absolute Gasteiger partial charge is 0.480 e. The molecule has 2 N–H and O–H groups in total. The first-order valence-corrected chi connectivity index (χ1v) is 8.09. The van der Waals surface area contributed by atoms with Crippen LogP contribution in [0.4, 0.5) is 0 Å². The second kappa shape index (κ2) is 8.04. The molecule has 0 aliphatic rings. The summed E-state index contributed by atoms with van der Waals surface area (Å²) in [6.07, 6.45) is -0.0891. The van der Waals surface area contributed by atoms with Crippen LogP contribution < -0.4 is 5.32 Å². The Morgan fingerprint density at radius 1 is 1.09 bits per heavy atom. The maximum absolute atomic E-state index is 12.3. The summed E-state index contributed by atoms with van der Waals surface area (Å²) in [5.41, 5.74) is 1.49. The van der Waals surface area contributed by atoms with Crippen molar-refractivity contribution in [2.24, 2.45) is 0 Å². The van der Waals surface area contributed by atoms with E-state index < -0.39 is 12.0 Å². The minimum Gasteiger partial charge on any atom is -0.480 e. The molecule has 0 aliphatic carbocycles. The highest BCUT2D eigenvalue weighted by Crippen LogP contribution is 2.16. The number of nitrogens with one attached hydrogen (secondary N) is 1. The predicted molar refractivity (Wildman–Crippen MR) is 92.5 cm³/mol. The first-order chi connectivity index (χ1) is 11.0. The summed E-state index contributed by atoms with van der Waals surface area (Å²) in [6.45, 7) is 1.88. The van der Waals surface area contributed by atoms with Gasteiger partial charge in [-0.3, -0.25) is 14.9 Å². The molecule has 0 fully saturated rings. The fourth-order valence-electron chi connectivity index (χ4n) is 2.30. The fraction of sp³-hybridized carbons (Fsp3) is 0.222. The lowest BCUT2D eigenvalue weighted by molar-refractivity contribution is -0.139. The zero-order valence-electron chi connectivity index (χ0n) is 12.7. The molecule has 2 rings (SSSR count). The highest BCUT2D eigenvalue weighted by molar-refractivity contribution is 9.10. The molecule has 0 aromatic heterocycles. The van der Waals surface area contributed by atoms with Gasteiger partial charge in [-0.25, -0.2) is 0 Å². The van der Waals surface area contributed by atoms with Gasteiger partial charge in [0.25, 0.3) is 0 Å². The van der Waals surface area contributed by atoms with Crippen LogP contribution in [-0.2, 0) is 4.79 Å². The zero-order chi connectivity index (χ0) is 16.8. The van der Waals surface area contributed by atoms with E-state index in [1.807, 2.05) is 37.3 Å². The molecule has 0 heterocycles. The summed E-state index contributed by atoms with van der Waals surface area (Å²) >= 11 is 3.31. The van der Waals surface area contributed by atoms with Crippen molar-refractivity contribution in [3.8, 4) is 0 Å². The maximum atomic E-state index is 12.3. The molecule has 23 heavy (non-hydrogen) atoms. The van der Waals surface area contributed by atoms with Crippen LogP contribution >= 0.6 is 15.9 Å². The number of ketones is 1. The van der Waals surface area contributed by atoms with Gasteiger partial charge in [-0.15, -0.1) is 0 Å². The molecule has 0 spiro atoms. The van der Waals surface area contributed by atoms with E-state index in [0.717, 1.165) is 10.0 Å². The van der Waals surface area contributed by atoms with E-state index in [9.17, 15) is 14.7 Å². The number of rotatable bonds is 7. The van der Waals surface area contributed by atoms with Crippen LogP contribution in [0.3, 0.4) is 0 Å². The van der Waals surface area contributed by atoms with E-state index in [1.54, 1.807) is 24.3 Å². The van der Waals surface area contributed by atoms with Crippen LogP contribution in [0.1, 0.15) is 35.3 Å². The topological polar surface area (TPSA) is 66.4 Å². The number of benzene rings is 2. The van der Waals surface area contributed by atoms with Crippen LogP contribution in [-0.4, -0.2) is 22.9 Å². The van der Waals surface area contributed by atoms with Gasteiger partial charge in [0.1, 0.15) is 6.04 Å². The Labute approximate surface area is 143 Å². The lowest BCUT2D eigenvalue weighted by atomic mass is 10.0. The third kappa shape index (κ3) is 5.01.